The fraction of sp³-hybridized carbons (Fsp3) is 0.174. The third kappa shape index (κ3) is 3.36. The summed E-state index contributed by atoms with van der Waals surface area (Å²) >= 11 is 1.61. The van der Waals surface area contributed by atoms with Gasteiger partial charge >= 0.3 is 0 Å². The molecule has 4 aromatic rings. The van der Waals surface area contributed by atoms with Gasteiger partial charge in [0.05, 0.1) is 24.2 Å². The Balaban J connectivity index is 1.64. The molecule has 1 aliphatic heterocycles. The third-order valence-electron chi connectivity index (χ3n) is 5.00. The van der Waals surface area contributed by atoms with Crippen molar-refractivity contribution in [3.05, 3.63) is 81.7 Å². The number of hydrogen-bond donors (Lipinski definition) is 0. The molecule has 0 saturated heterocycles. The first-order chi connectivity index (χ1) is 14.2. The van der Waals surface area contributed by atoms with E-state index in [1.54, 1.807) is 17.6 Å². The molecule has 29 heavy (non-hydrogen) atoms. The second-order valence-corrected chi connectivity index (χ2v) is 7.84. The summed E-state index contributed by atoms with van der Waals surface area (Å²) in [6, 6.07) is 16.2. The molecule has 5 nitrogen and oxygen atoms in total. The molecule has 2 aromatic heterocycles. The highest BCUT2D eigenvalue weighted by Crippen LogP contribution is 2.33. The average Bonchev–Trinajstić information content (AvgIpc) is 3.46. The molecule has 0 amide bonds. The molecule has 0 spiro atoms. The van der Waals surface area contributed by atoms with Crippen LogP contribution >= 0.6 is 11.3 Å². The minimum atomic E-state index is 0.273. The first-order valence-corrected chi connectivity index (χ1v) is 10.3. The summed E-state index contributed by atoms with van der Waals surface area (Å²) in [4.78, 5) is 5.95. The minimum Gasteiger partial charge on any atom is -0.463 e. The summed E-state index contributed by atoms with van der Waals surface area (Å²) in [7, 11) is 0. The van der Waals surface area contributed by atoms with Crippen LogP contribution in [0.5, 0.6) is 11.5 Å². The number of ether oxygens (including phenoxy) is 2. The van der Waals surface area contributed by atoms with Gasteiger partial charge in [-0.15, -0.1) is 11.3 Å². The molecule has 2 aromatic carbocycles. The number of aryl methyl sites for hydroxylation is 2. The SMILES string of the molecule is Cc1cccc(C)c1N=c1scc(-c2ccco2)n1Cc1ccc2c(c1)OCO2. The van der Waals surface area contributed by atoms with Crippen LogP contribution in [0.25, 0.3) is 11.5 Å². The van der Waals surface area contributed by atoms with Gasteiger partial charge in [0.15, 0.2) is 22.1 Å². The Hall–Kier alpha value is -3.25. The highest BCUT2D eigenvalue weighted by atomic mass is 32.1. The lowest BCUT2D eigenvalue weighted by Crippen LogP contribution is -2.16. The van der Waals surface area contributed by atoms with Gasteiger partial charge in [0.25, 0.3) is 0 Å². The van der Waals surface area contributed by atoms with Crippen LogP contribution < -0.4 is 14.3 Å². The Morgan fingerprint density at radius 3 is 2.62 bits per heavy atom. The number of benzene rings is 2. The molecule has 0 saturated carbocycles. The Kier molecular flexibility index (Phi) is 4.48. The Labute approximate surface area is 172 Å². The van der Waals surface area contributed by atoms with Gasteiger partial charge in [0.2, 0.25) is 6.79 Å². The lowest BCUT2D eigenvalue weighted by molar-refractivity contribution is 0.174. The van der Waals surface area contributed by atoms with E-state index in [-0.39, 0.29) is 6.79 Å². The molecule has 0 bridgehead atoms. The lowest BCUT2D eigenvalue weighted by atomic mass is 10.1. The highest BCUT2D eigenvalue weighted by molar-refractivity contribution is 7.07. The van der Waals surface area contributed by atoms with E-state index >= 15 is 0 Å². The third-order valence-corrected chi connectivity index (χ3v) is 5.86. The quantitative estimate of drug-likeness (QED) is 0.455. The molecule has 0 aliphatic carbocycles. The van der Waals surface area contributed by atoms with Crippen molar-refractivity contribution in [2.75, 3.05) is 6.79 Å². The second-order valence-electron chi connectivity index (χ2n) is 7.01. The molecule has 3 heterocycles. The van der Waals surface area contributed by atoms with Gasteiger partial charge < -0.3 is 18.5 Å². The molecule has 6 heteroatoms. The van der Waals surface area contributed by atoms with Crippen molar-refractivity contribution in [2.45, 2.75) is 20.4 Å². The van der Waals surface area contributed by atoms with Crippen LogP contribution in [0.3, 0.4) is 0 Å². The monoisotopic (exact) mass is 404 g/mol. The zero-order valence-electron chi connectivity index (χ0n) is 16.2. The van der Waals surface area contributed by atoms with E-state index in [0.717, 1.165) is 50.1 Å². The molecule has 5 rings (SSSR count). The van der Waals surface area contributed by atoms with Gasteiger partial charge in [-0.1, -0.05) is 24.3 Å². The Morgan fingerprint density at radius 2 is 1.83 bits per heavy atom. The zero-order chi connectivity index (χ0) is 19.8. The number of furan rings is 1. The number of thiazole rings is 1. The largest absolute Gasteiger partial charge is 0.463 e. The van der Waals surface area contributed by atoms with E-state index in [9.17, 15) is 0 Å². The van der Waals surface area contributed by atoms with Gasteiger partial charge in [0.1, 0.15) is 0 Å². The van der Waals surface area contributed by atoms with Crippen molar-refractivity contribution in [1.82, 2.24) is 4.57 Å². The zero-order valence-corrected chi connectivity index (χ0v) is 17.0. The second kappa shape index (κ2) is 7.29. The Bertz CT molecular complexity index is 1220. The van der Waals surface area contributed by atoms with Crippen LogP contribution in [0.15, 0.2) is 69.6 Å². The maximum absolute atomic E-state index is 5.68. The topological polar surface area (TPSA) is 48.9 Å². The lowest BCUT2D eigenvalue weighted by Gasteiger charge is -2.09. The molecule has 0 radical (unpaired) electrons. The summed E-state index contributed by atoms with van der Waals surface area (Å²) in [5.41, 5.74) is 5.45. The number of rotatable bonds is 4. The molecule has 0 N–H and O–H groups in total. The van der Waals surface area contributed by atoms with Gasteiger partial charge in [0, 0.05) is 5.38 Å². The van der Waals surface area contributed by atoms with E-state index in [4.69, 9.17) is 18.9 Å². The summed E-state index contributed by atoms with van der Waals surface area (Å²) in [5, 5.41) is 2.10. The fourth-order valence-corrected chi connectivity index (χ4v) is 4.39. The van der Waals surface area contributed by atoms with Gasteiger partial charge in [-0.25, -0.2) is 4.99 Å². The Morgan fingerprint density at radius 1 is 1.00 bits per heavy atom. The smallest absolute Gasteiger partial charge is 0.231 e. The van der Waals surface area contributed by atoms with Crippen molar-refractivity contribution in [1.29, 1.82) is 0 Å². The van der Waals surface area contributed by atoms with Gasteiger partial charge in [-0.2, -0.15) is 0 Å². The van der Waals surface area contributed by atoms with Crippen molar-refractivity contribution < 1.29 is 13.9 Å². The summed E-state index contributed by atoms with van der Waals surface area (Å²) < 4.78 is 18.9. The summed E-state index contributed by atoms with van der Waals surface area (Å²) in [6.45, 7) is 5.11. The first kappa shape index (κ1) is 17.8. The van der Waals surface area contributed by atoms with Crippen molar-refractivity contribution in [2.24, 2.45) is 4.99 Å². The van der Waals surface area contributed by atoms with E-state index in [2.05, 4.69) is 48.1 Å². The van der Waals surface area contributed by atoms with E-state index in [0.29, 0.717) is 6.54 Å². The van der Waals surface area contributed by atoms with Crippen LogP contribution in [-0.2, 0) is 6.54 Å². The summed E-state index contributed by atoms with van der Waals surface area (Å²) in [5.74, 6) is 2.40. The van der Waals surface area contributed by atoms with Crippen LogP contribution in [0, 0.1) is 13.8 Å². The van der Waals surface area contributed by atoms with Crippen molar-refractivity contribution in [3.63, 3.8) is 0 Å². The van der Waals surface area contributed by atoms with Crippen molar-refractivity contribution in [3.8, 4) is 23.0 Å². The number of nitrogens with zero attached hydrogens (tertiary/aromatic N) is 2. The van der Waals surface area contributed by atoms with Crippen molar-refractivity contribution >= 4 is 17.0 Å². The maximum atomic E-state index is 5.68. The molecule has 0 fully saturated rings. The molecular weight excluding hydrogens is 384 g/mol. The standard InChI is InChI=1S/C23H20N2O3S/c1-15-5-3-6-16(2)22(15)24-23-25(18(13-29-23)19-7-4-10-26-19)12-17-8-9-20-21(11-17)28-14-27-20/h3-11,13H,12,14H2,1-2H3. The van der Waals surface area contributed by atoms with E-state index in [1.165, 1.54) is 0 Å². The highest BCUT2D eigenvalue weighted by Gasteiger charge is 2.16. The fourth-order valence-electron chi connectivity index (χ4n) is 3.49. The number of aromatic nitrogens is 1. The number of para-hydroxylation sites is 1. The van der Waals surface area contributed by atoms with Crippen LogP contribution in [0.4, 0.5) is 5.69 Å². The van der Waals surface area contributed by atoms with E-state index < -0.39 is 0 Å². The first-order valence-electron chi connectivity index (χ1n) is 9.41. The summed E-state index contributed by atoms with van der Waals surface area (Å²) in [6.07, 6.45) is 1.69. The number of hydrogen-bond acceptors (Lipinski definition) is 5. The number of fused-ring (bicyclic) bond motifs is 1. The van der Waals surface area contributed by atoms with Gasteiger partial charge in [-0.3, -0.25) is 0 Å². The predicted octanol–water partition coefficient (Wildman–Crippen LogP) is 5.44. The molecule has 146 valence electrons. The minimum absolute atomic E-state index is 0.273. The van der Waals surface area contributed by atoms with Gasteiger partial charge in [-0.05, 0) is 54.8 Å². The average molecular weight is 404 g/mol. The normalized spacial score (nSPS) is 13.2. The molecule has 1 aliphatic rings. The van der Waals surface area contributed by atoms with Crippen LogP contribution in [0.2, 0.25) is 0 Å². The molecule has 0 unspecified atom stereocenters. The van der Waals surface area contributed by atoms with E-state index in [1.807, 2.05) is 24.3 Å². The molecular formula is C23H20N2O3S. The maximum Gasteiger partial charge on any atom is 0.231 e. The van der Waals surface area contributed by atoms with Crippen LogP contribution in [0.1, 0.15) is 16.7 Å². The predicted molar refractivity (Wildman–Crippen MR) is 113 cm³/mol. The van der Waals surface area contributed by atoms with Crippen LogP contribution in [-0.4, -0.2) is 11.4 Å². The molecule has 0 atom stereocenters.